The lowest BCUT2D eigenvalue weighted by Crippen LogP contribution is -2.33. The summed E-state index contributed by atoms with van der Waals surface area (Å²) in [5.74, 6) is 1.34. The quantitative estimate of drug-likeness (QED) is 0.739. The molecule has 2 amide bonds. The van der Waals surface area contributed by atoms with Crippen molar-refractivity contribution in [2.45, 2.75) is 19.3 Å². The molecule has 0 saturated carbocycles. The van der Waals surface area contributed by atoms with Crippen LogP contribution in [-0.4, -0.2) is 48.6 Å². The first-order valence-corrected chi connectivity index (χ1v) is 7.40. The van der Waals surface area contributed by atoms with E-state index in [9.17, 15) is 4.79 Å². The van der Waals surface area contributed by atoms with Crippen LogP contribution < -0.4 is 5.73 Å². The number of aromatic nitrogens is 5. The Hall–Kier alpha value is -2.64. The van der Waals surface area contributed by atoms with E-state index in [4.69, 9.17) is 5.73 Å². The number of nitrogens with one attached hydrogen (secondary N) is 1. The summed E-state index contributed by atoms with van der Waals surface area (Å²) in [7, 11) is 0. The number of nitrogens with zero attached hydrogens (tertiary/aromatic N) is 5. The van der Waals surface area contributed by atoms with Crippen LogP contribution in [0.1, 0.15) is 25.1 Å². The highest BCUT2D eigenvalue weighted by atomic mass is 16.2. The van der Waals surface area contributed by atoms with Crippen molar-refractivity contribution in [3.05, 3.63) is 24.3 Å². The molecule has 1 aliphatic rings. The molecule has 0 radical (unpaired) electrons. The second kappa shape index (κ2) is 4.69. The van der Waals surface area contributed by atoms with Crippen LogP contribution in [0.25, 0.3) is 16.8 Å². The number of nitrogens with two attached hydrogens (primary N) is 1. The third-order valence-corrected chi connectivity index (χ3v) is 4.58. The summed E-state index contributed by atoms with van der Waals surface area (Å²) in [5, 5.41) is 8.61. The van der Waals surface area contributed by atoms with Gasteiger partial charge in [-0.3, -0.25) is 4.40 Å². The van der Waals surface area contributed by atoms with Gasteiger partial charge in [0.05, 0.1) is 11.7 Å². The maximum absolute atomic E-state index is 11.5. The molecule has 1 fully saturated rings. The molecule has 0 spiro atoms. The van der Waals surface area contributed by atoms with Gasteiger partial charge in [0.2, 0.25) is 0 Å². The first-order valence-electron chi connectivity index (χ1n) is 7.40. The molecule has 4 rings (SSSR count). The number of carbonyl (C=O) groups excluding carboxylic acids is 1. The van der Waals surface area contributed by atoms with Gasteiger partial charge in [0.15, 0.2) is 11.3 Å². The van der Waals surface area contributed by atoms with Crippen molar-refractivity contribution in [1.29, 1.82) is 0 Å². The highest BCUT2D eigenvalue weighted by Crippen LogP contribution is 2.34. The molecule has 3 N–H and O–H groups in total. The van der Waals surface area contributed by atoms with E-state index >= 15 is 0 Å². The Morgan fingerprint density at radius 1 is 1.45 bits per heavy atom. The lowest BCUT2D eigenvalue weighted by atomic mass is 9.93. The van der Waals surface area contributed by atoms with Crippen LogP contribution in [-0.2, 0) is 0 Å². The van der Waals surface area contributed by atoms with Gasteiger partial charge in [-0.2, -0.15) is 0 Å². The molecule has 0 aliphatic carbocycles. The lowest BCUT2D eigenvalue weighted by molar-refractivity contribution is 0.216. The first kappa shape index (κ1) is 13.1. The minimum absolute atomic E-state index is 0.132. The number of likely N-dealkylation sites (tertiary alicyclic amines) is 1. The number of rotatable bonds is 2. The molecule has 3 aromatic heterocycles. The molecule has 1 aliphatic heterocycles. The summed E-state index contributed by atoms with van der Waals surface area (Å²) >= 11 is 0. The van der Waals surface area contributed by atoms with E-state index in [1.807, 2.05) is 16.7 Å². The number of fused-ring (bicyclic) bond motifs is 3. The molecule has 0 bridgehead atoms. The van der Waals surface area contributed by atoms with E-state index in [-0.39, 0.29) is 11.9 Å². The zero-order valence-corrected chi connectivity index (χ0v) is 12.2. The molecule has 114 valence electrons. The molecule has 22 heavy (non-hydrogen) atoms. The van der Waals surface area contributed by atoms with Crippen molar-refractivity contribution in [2.24, 2.45) is 11.7 Å². The maximum atomic E-state index is 11.5. The molecule has 8 heteroatoms. The summed E-state index contributed by atoms with van der Waals surface area (Å²) in [6.07, 6.45) is 4.52. The fourth-order valence-corrected chi connectivity index (χ4v) is 3.40. The Balaban J connectivity index is 1.86. The number of primary amides is 1. The van der Waals surface area contributed by atoms with Crippen molar-refractivity contribution in [2.75, 3.05) is 13.1 Å². The molecule has 1 saturated heterocycles. The average Bonchev–Trinajstić information content (AvgIpc) is 3.22. The van der Waals surface area contributed by atoms with Gasteiger partial charge < -0.3 is 15.6 Å². The molecular formula is C14H17N7O. The molecule has 4 heterocycles. The number of amides is 2. The standard InChI is InChI=1S/C14H17N7O/c1-2-8-6-20(14(15)22)7-9(8)13-19-18-11-5-17-12-10(21(11)13)3-4-16-12/h3-5,8-9,16H,2,6-7H2,1H3,(H2,15,22)/t8-,9+/m0/s1. The summed E-state index contributed by atoms with van der Waals surface area (Å²) in [4.78, 5) is 20.6. The van der Waals surface area contributed by atoms with Gasteiger partial charge in [0.1, 0.15) is 5.82 Å². The van der Waals surface area contributed by atoms with Gasteiger partial charge in [-0.05, 0) is 12.0 Å². The van der Waals surface area contributed by atoms with Crippen LogP contribution in [0.2, 0.25) is 0 Å². The number of aromatic amines is 1. The topological polar surface area (TPSA) is 105 Å². The van der Waals surface area contributed by atoms with Gasteiger partial charge in [-0.25, -0.2) is 9.78 Å². The van der Waals surface area contributed by atoms with Crippen LogP contribution >= 0.6 is 0 Å². The fourth-order valence-electron chi connectivity index (χ4n) is 3.40. The van der Waals surface area contributed by atoms with Crippen LogP contribution in [0.3, 0.4) is 0 Å². The van der Waals surface area contributed by atoms with E-state index in [2.05, 4.69) is 27.1 Å². The van der Waals surface area contributed by atoms with Gasteiger partial charge in [0, 0.05) is 25.2 Å². The minimum Gasteiger partial charge on any atom is -0.351 e. The summed E-state index contributed by atoms with van der Waals surface area (Å²) in [6.45, 7) is 3.38. The van der Waals surface area contributed by atoms with Gasteiger partial charge in [-0.15, -0.1) is 10.2 Å². The highest BCUT2D eigenvalue weighted by molar-refractivity contribution is 5.74. The van der Waals surface area contributed by atoms with E-state index in [1.165, 1.54) is 0 Å². The Morgan fingerprint density at radius 3 is 3.09 bits per heavy atom. The largest absolute Gasteiger partial charge is 0.351 e. The van der Waals surface area contributed by atoms with Crippen LogP contribution in [0.4, 0.5) is 4.79 Å². The second-order valence-electron chi connectivity index (χ2n) is 5.74. The Bertz CT molecular complexity index is 851. The Labute approximate surface area is 126 Å². The van der Waals surface area contributed by atoms with Crippen LogP contribution in [0, 0.1) is 5.92 Å². The molecular weight excluding hydrogens is 282 g/mol. The van der Waals surface area contributed by atoms with E-state index in [0.29, 0.717) is 19.0 Å². The highest BCUT2D eigenvalue weighted by Gasteiger charge is 2.37. The monoisotopic (exact) mass is 299 g/mol. The number of urea groups is 1. The molecule has 0 unspecified atom stereocenters. The van der Waals surface area contributed by atoms with Gasteiger partial charge in [-0.1, -0.05) is 13.3 Å². The fraction of sp³-hybridized carbons (Fsp3) is 0.429. The Kier molecular flexibility index (Phi) is 2.78. The molecule has 2 atom stereocenters. The molecule has 8 nitrogen and oxygen atoms in total. The van der Waals surface area contributed by atoms with Crippen molar-refractivity contribution < 1.29 is 4.79 Å². The van der Waals surface area contributed by atoms with Crippen molar-refractivity contribution in [3.63, 3.8) is 0 Å². The molecule has 3 aromatic rings. The smallest absolute Gasteiger partial charge is 0.314 e. The SMILES string of the molecule is CC[C@H]1CN(C(N)=O)C[C@H]1c1nnc2cnc3[nH]ccc3n12. The second-order valence-corrected chi connectivity index (χ2v) is 5.74. The third kappa shape index (κ3) is 1.76. The normalized spacial score (nSPS) is 22.0. The van der Waals surface area contributed by atoms with Crippen LogP contribution in [0.5, 0.6) is 0 Å². The number of carbonyl (C=O) groups is 1. The Morgan fingerprint density at radius 2 is 2.32 bits per heavy atom. The van der Waals surface area contributed by atoms with E-state index in [1.54, 1.807) is 11.1 Å². The van der Waals surface area contributed by atoms with Crippen molar-refractivity contribution >= 4 is 22.8 Å². The predicted octanol–water partition coefficient (Wildman–Crippen LogP) is 1.11. The summed E-state index contributed by atoms with van der Waals surface area (Å²) < 4.78 is 2.02. The zero-order chi connectivity index (χ0) is 15.3. The number of H-pyrrole nitrogens is 1. The molecule has 0 aromatic carbocycles. The lowest BCUT2D eigenvalue weighted by Gasteiger charge is -2.14. The number of hydrogen-bond acceptors (Lipinski definition) is 4. The first-order chi connectivity index (χ1) is 10.7. The predicted molar refractivity (Wildman–Crippen MR) is 80.3 cm³/mol. The maximum Gasteiger partial charge on any atom is 0.314 e. The summed E-state index contributed by atoms with van der Waals surface area (Å²) in [6, 6.07) is 1.59. The van der Waals surface area contributed by atoms with Crippen molar-refractivity contribution in [3.8, 4) is 0 Å². The number of hydrogen-bond donors (Lipinski definition) is 2. The third-order valence-electron chi connectivity index (χ3n) is 4.58. The summed E-state index contributed by atoms with van der Waals surface area (Å²) in [5.41, 5.74) is 7.91. The van der Waals surface area contributed by atoms with E-state index < -0.39 is 0 Å². The average molecular weight is 299 g/mol. The van der Waals surface area contributed by atoms with E-state index in [0.717, 1.165) is 29.1 Å². The minimum atomic E-state index is -0.372. The van der Waals surface area contributed by atoms with Crippen LogP contribution in [0.15, 0.2) is 18.5 Å². The van der Waals surface area contributed by atoms with Gasteiger partial charge in [0.25, 0.3) is 0 Å². The van der Waals surface area contributed by atoms with Crippen molar-refractivity contribution in [1.82, 2.24) is 29.5 Å². The van der Waals surface area contributed by atoms with Gasteiger partial charge >= 0.3 is 6.03 Å². The zero-order valence-electron chi connectivity index (χ0n) is 12.2.